The van der Waals surface area contributed by atoms with Crippen LogP contribution in [0.3, 0.4) is 0 Å². The van der Waals surface area contributed by atoms with Crippen LogP contribution in [0.1, 0.15) is 32.6 Å². The SMILES string of the molecule is CCC1CCCN1CCCOC. The molecule has 0 saturated carbocycles. The summed E-state index contributed by atoms with van der Waals surface area (Å²) in [6, 6.07) is 0.863. The lowest BCUT2D eigenvalue weighted by atomic mass is 10.2. The van der Waals surface area contributed by atoms with E-state index in [-0.39, 0.29) is 0 Å². The normalized spacial score (nSPS) is 25.0. The summed E-state index contributed by atoms with van der Waals surface area (Å²) in [5.41, 5.74) is 0. The number of rotatable bonds is 5. The van der Waals surface area contributed by atoms with Crippen molar-refractivity contribution in [1.29, 1.82) is 0 Å². The van der Waals surface area contributed by atoms with Gasteiger partial charge in [-0.3, -0.25) is 0 Å². The van der Waals surface area contributed by atoms with E-state index in [1.807, 2.05) is 0 Å². The van der Waals surface area contributed by atoms with Crippen LogP contribution in [0.25, 0.3) is 0 Å². The molecule has 1 saturated heterocycles. The van der Waals surface area contributed by atoms with Crippen molar-refractivity contribution in [3.05, 3.63) is 0 Å². The molecule has 0 N–H and O–H groups in total. The van der Waals surface area contributed by atoms with Gasteiger partial charge >= 0.3 is 0 Å². The van der Waals surface area contributed by atoms with Gasteiger partial charge < -0.3 is 9.64 Å². The van der Waals surface area contributed by atoms with Crippen LogP contribution in [0.4, 0.5) is 0 Å². The van der Waals surface area contributed by atoms with E-state index in [0.29, 0.717) is 0 Å². The molecule has 1 heterocycles. The molecule has 2 nitrogen and oxygen atoms in total. The lowest BCUT2D eigenvalue weighted by Crippen LogP contribution is -2.30. The van der Waals surface area contributed by atoms with Gasteiger partial charge in [0.25, 0.3) is 0 Å². The van der Waals surface area contributed by atoms with E-state index in [1.165, 1.54) is 38.8 Å². The molecule has 2 heteroatoms. The van der Waals surface area contributed by atoms with E-state index >= 15 is 0 Å². The average molecular weight is 171 g/mol. The first-order chi connectivity index (χ1) is 5.88. The Bertz CT molecular complexity index is 116. The van der Waals surface area contributed by atoms with E-state index < -0.39 is 0 Å². The standard InChI is InChI=1S/C10H21NO/c1-3-10-6-4-7-11(10)8-5-9-12-2/h10H,3-9H2,1-2H3. The Labute approximate surface area is 75.9 Å². The number of hydrogen-bond donors (Lipinski definition) is 0. The predicted octanol–water partition coefficient (Wildman–Crippen LogP) is 1.90. The lowest BCUT2D eigenvalue weighted by molar-refractivity contribution is 0.166. The highest BCUT2D eigenvalue weighted by molar-refractivity contribution is 4.77. The third-order valence-electron chi connectivity index (χ3n) is 2.76. The minimum Gasteiger partial charge on any atom is -0.385 e. The molecule has 0 aliphatic carbocycles. The maximum Gasteiger partial charge on any atom is 0.0474 e. The van der Waals surface area contributed by atoms with Gasteiger partial charge in [-0.1, -0.05) is 6.92 Å². The summed E-state index contributed by atoms with van der Waals surface area (Å²) in [6.45, 7) is 5.74. The number of hydrogen-bond acceptors (Lipinski definition) is 2. The molecule has 1 rings (SSSR count). The summed E-state index contributed by atoms with van der Waals surface area (Å²) in [7, 11) is 1.78. The van der Waals surface area contributed by atoms with Gasteiger partial charge in [0.05, 0.1) is 0 Å². The van der Waals surface area contributed by atoms with Crippen molar-refractivity contribution in [3.8, 4) is 0 Å². The number of ether oxygens (including phenoxy) is 1. The molecule has 1 atom stereocenters. The zero-order valence-corrected chi connectivity index (χ0v) is 8.38. The predicted molar refractivity (Wildman–Crippen MR) is 51.4 cm³/mol. The Balaban J connectivity index is 2.12. The van der Waals surface area contributed by atoms with Crippen molar-refractivity contribution in [3.63, 3.8) is 0 Å². The van der Waals surface area contributed by atoms with Crippen molar-refractivity contribution in [1.82, 2.24) is 4.90 Å². The summed E-state index contributed by atoms with van der Waals surface area (Å²) in [4.78, 5) is 2.61. The van der Waals surface area contributed by atoms with E-state index in [4.69, 9.17) is 4.74 Å². The first-order valence-electron chi connectivity index (χ1n) is 5.11. The topological polar surface area (TPSA) is 12.5 Å². The summed E-state index contributed by atoms with van der Waals surface area (Å²) in [5, 5.41) is 0. The molecule has 12 heavy (non-hydrogen) atoms. The van der Waals surface area contributed by atoms with E-state index in [1.54, 1.807) is 7.11 Å². The monoisotopic (exact) mass is 171 g/mol. The molecule has 1 aliphatic rings. The van der Waals surface area contributed by atoms with Gasteiger partial charge in [-0.25, -0.2) is 0 Å². The van der Waals surface area contributed by atoms with Crippen molar-refractivity contribution in [2.45, 2.75) is 38.6 Å². The second-order valence-electron chi connectivity index (χ2n) is 3.59. The zero-order chi connectivity index (χ0) is 8.81. The molecule has 1 aliphatic heterocycles. The molecule has 72 valence electrons. The summed E-state index contributed by atoms with van der Waals surface area (Å²) >= 11 is 0. The lowest BCUT2D eigenvalue weighted by Gasteiger charge is -2.22. The molecular weight excluding hydrogens is 150 g/mol. The highest BCUT2D eigenvalue weighted by atomic mass is 16.5. The van der Waals surface area contributed by atoms with Gasteiger partial charge in [-0.05, 0) is 32.2 Å². The molecule has 0 aromatic rings. The highest BCUT2D eigenvalue weighted by Crippen LogP contribution is 2.19. The molecule has 0 aromatic carbocycles. The van der Waals surface area contributed by atoms with Gasteiger partial charge in [-0.15, -0.1) is 0 Å². The molecule has 0 bridgehead atoms. The minimum absolute atomic E-state index is 0.863. The number of nitrogens with zero attached hydrogens (tertiary/aromatic N) is 1. The van der Waals surface area contributed by atoms with Gasteiger partial charge in [0, 0.05) is 26.3 Å². The Kier molecular flexibility index (Phi) is 4.62. The first-order valence-corrected chi connectivity index (χ1v) is 5.11. The second kappa shape index (κ2) is 5.55. The third kappa shape index (κ3) is 2.76. The van der Waals surface area contributed by atoms with E-state index in [9.17, 15) is 0 Å². The fourth-order valence-corrected chi connectivity index (χ4v) is 2.06. The van der Waals surface area contributed by atoms with Gasteiger partial charge in [0.2, 0.25) is 0 Å². The van der Waals surface area contributed by atoms with Crippen LogP contribution in [0.2, 0.25) is 0 Å². The van der Waals surface area contributed by atoms with E-state index in [2.05, 4.69) is 11.8 Å². The Morgan fingerprint density at radius 1 is 1.50 bits per heavy atom. The molecule has 0 aromatic heterocycles. The largest absolute Gasteiger partial charge is 0.385 e. The Morgan fingerprint density at radius 3 is 3.00 bits per heavy atom. The Hall–Kier alpha value is -0.0800. The van der Waals surface area contributed by atoms with Crippen LogP contribution in [0, 0.1) is 0 Å². The molecule has 1 fully saturated rings. The van der Waals surface area contributed by atoms with E-state index in [0.717, 1.165) is 12.6 Å². The van der Waals surface area contributed by atoms with Crippen LogP contribution in [-0.2, 0) is 4.74 Å². The molecule has 0 radical (unpaired) electrons. The maximum absolute atomic E-state index is 5.04. The highest BCUT2D eigenvalue weighted by Gasteiger charge is 2.21. The average Bonchev–Trinajstić information content (AvgIpc) is 2.52. The van der Waals surface area contributed by atoms with Crippen LogP contribution in [-0.4, -0.2) is 37.7 Å². The fourth-order valence-electron chi connectivity index (χ4n) is 2.06. The van der Waals surface area contributed by atoms with Crippen molar-refractivity contribution < 1.29 is 4.74 Å². The number of likely N-dealkylation sites (tertiary alicyclic amines) is 1. The van der Waals surface area contributed by atoms with Crippen LogP contribution >= 0.6 is 0 Å². The maximum atomic E-state index is 5.04. The summed E-state index contributed by atoms with van der Waals surface area (Å²) in [6.07, 6.45) is 5.30. The molecule has 0 amide bonds. The summed E-state index contributed by atoms with van der Waals surface area (Å²) < 4.78 is 5.04. The van der Waals surface area contributed by atoms with Gasteiger partial charge in [-0.2, -0.15) is 0 Å². The smallest absolute Gasteiger partial charge is 0.0474 e. The minimum atomic E-state index is 0.863. The van der Waals surface area contributed by atoms with Crippen LogP contribution in [0.5, 0.6) is 0 Å². The van der Waals surface area contributed by atoms with Gasteiger partial charge in [0.15, 0.2) is 0 Å². The third-order valence-corrected chi connectivity index (χ3v) is 2.76. The fraction of sp³-hybridized carbons (Fsp3) is 1.00. The quantitative estimate of drug-likeness (QED) is 0.586. The van der Waals surface area contributed by atoms with Crippen molar-refractivity contribution in [2.75, 3.05) is 26.8 Å². The molecular formula is C10H21NO. The van der Waals surface area contributed by atoms with Crippen LogP contribution < -0.4 is 0 Å². The number of methoxy groups -OCH3 is 1. The zero-order valence-electron chi connectivity index (χ0n) is 8.38. The second-order valence-corrected chi connectivity index (χ2v) is 3.59. The van der Waals surface area contributed by atoms with Crippen molar-refractivity contribution >= 4 is 0 Å². The molecule has 0 spiro atoms. The first kappa shape index (κ1) is 10.0. The van der Waals surface area contributed by atoms with Crippen LogP contribution in [0.15, 0.2) is 0 Å². The summed E-state index contributed by atoms with van der Waals surface area (Å²) in [5.74, 6) is 0. The van der Waals surface area contributed by atoms with Crippen molar-refractivity contribution in [2.24, 2.45) is 0 Å². The Morgan fingerprint density at radius 2 is 2.33 bits per heavy atom. The molecule has 1 unspecified atom stereocenters. The van der Waals surface area contributed by atoms with Gasteiger partial charge in [0.1, 0.15) is 0 Å².